The molecule has 0 bridgehead atoms. The molecule has 19 heavy (non-hydrogen) atoms. The van der Waals surface area contributed by atoms with Crippen molar-refractivity contribution < 1.29 is 4.39 Å². The highest BCUT2D eigenvalue weighted by atomic mass is 79.9. The fourth-order valence-electron chi connectivity index (χ4n) is 3.05. The molecule has 1 saturated heterocycles. The summed E-state index contributed by atoms with van der Waals surface area (Å²) in [6.07, 6.45) is 4.87. The van der Waals surface area contributed by atoms with Crippen molar-refractivity contribution in [2.45, 2.75) is 44.7 Å². The van der Waals surface area contributed by atoms with Crippen LogP contribution in [0.3, 0.4) is 0 Å². The second-order valence-electron chi connectivity index (χ2n) is 5.22. The minimum atomic E-state index is -0.207. The minimum absolute atomic E-state index is 0.132. The number of hydrogen-bond acceptors (Lipinski definition) is 2. The van der Waals surface area contributed by atoms with Gasteiger partial charge in [-0.05, 0) is 59.4 Å². The smallest absolute Gasteiger partial charge is 0.137 e. The zero-order chi connectivity index (χ0) is 13.8. The van der Waals surface area contributed by atoms with E-state index in [1.807, 2.05) is 6.07 Å². The molecule has 106 valence electrons. The first-order chi connectivity index (χ1) is 9.17. The van der Waals surface area contributed by atoms with E-state index in [1.165, 1.54) is 19.3 Å². The van der Waals surface area contributed by atoms with E-state index in [1.54, 1.807) is 12.1 Å². The van der Waals surface area contributed by atoms with Crippen molar-refractivity contribution in [1.82, 2.24) is 4.90 Å². The molecule has 0 aromatic heterocycles. The Bertz CT molecular complexity index is 425. The fourth-order valence-corrected chi connectivity index (χ4v) is 3.30. The molecule has 0 amide bonds. The summed E-state index contributed by atoms with van der Waals surface area (Å²) in [6, 6.07) is 6.08. The Hall–Kier alpha value is -0.450. The van der Waals surface area contributed by atoms with Crippen LogP contribution in [0.2, 0.25) is 0 Å². The molecule has 1 aromatic rings. The molecule has 4 heteroatoms. The Morgan fingerprint density at radius 2 is 2.26 bits per heavy atom. The summed E-state index contributed by atoms with van der Waals surface area (Å²) in [7, 11) is 0. The number of likely N-dealkylation sites (tertiary alicyclic amines) is 1. The van der Waals surface area contributed by atoms with Crippen LogP contribution in [0.1, 0.15) is 44.2 Å². The summed E-state index contributed by atoms with van der Waals surface area (Å²) < 4.78 is 14.2. The number of nitrogens with zero attached hydrogens (tertiary/aromatic N) is 1. The maximum Gasteiger partial charge on any atom is 0.137 e. The van der Waals surface area contributed by atoms with E-state index in [4.69, 9.17) is 5.73 Å². The van der Waals surface area contributed by atoms with Gasteiger partial charge in [0.15, 0.2) is 0 Å². The van der Waals surface area contributed by atoms with Gasteiger partial charge in [-0.25, -0.2) is 4.39 Å². The highest BCUT2D eigenvalue weighted by molar-refractivity contribution is 9.10. The van der Waals surface area contributed by atoms with Crippen LogP contribution in [0.5, 0.6) is 0 Å². The average Bonchev–Trinajstić information content (AvgIpc) is 2.44. The predicted molar refractivity (Wildman–Crippen MR) is 80.5 cm³/mol. The quantitative estimate of drug-likeness (QED) is 0.909. The summed E-state index contributed by atoms with van der Waals surface area (Å²) >= 11 is 3.20. The molecule has 1 heterocycles. The van der Waals surface area contributed by atoms with E-state index < -0.39 is 0 Å². The van der Waals surface area contributed by atoms with Gasteiger partial charge in [-0.1, -0.05) is 19.4 Å². The lowest BCUT2D eigenvalue weighted by Gasteiger charge is -2.41. The summed E-state index contributed by atoms with van der Waals surface area (Å²) in [5, 5.41) is 0. The number of benzene rings is 1. The third-order valence-corrected chi connectivity index (χ3v) is 4.74. The van der Waals surface area contributed by atoms with Crippen molar-refractivity contribution in [1.29, 1.82) is 0 Å². The molecule has 1 aliphatic rings. The number of hydrogen-bond donors (Lipinski definition) is 1. The number of nitrogens with two attached hydrogens (primary N) is 1. The third kappa shape index (κ3) is 3.36. The Labute approximate surface area is 123 Å². The van der Waals surface area contributed by atoms with Gasteiger partial charge in [0.1, 0.15) is 5.82 Å². The van der Waals surface area contributed by atoms with Crippen molar-refractivity contribution in [2.24, 2.45) is 5.73 Å². The van der Waals surface area contributed by atoms with Gasteiger partial charge in [0.05, 0.1) is 4.47 Å². The van der Waals surface area contributed by atoms with Crippen molar-refractivity contribution in [3.63, 3.8) is 0 Å². The van der Waals surface area contributed by atoms with Gasteiger partial charge in [-0.3, -0.25) is 4.90 Å². The molecule has 2 nitrogen and oxygen atoms in total. The Morgan fingerprint density at radius 1 is 1.47 bits per heavy atom. The van der Waals surface area contributed by atoms with E-state index in [9.17, 15) is 4.39 Å². The molecule has 2 rings (SSSR count). The Morgan fingerprint density at radius 3 is 2.89 bits per heavy atom. The maximum atomic E-state index is 13.7. The first-order valence-corrected chi connectivity index (χ1v) is 7.87. The topological polar surface area (TPSA) is 29.3 Å². The van der Waals surface area contributed by atoms with Gasteiger partial charge in [0, 0.05) is 18.6 Å². The van der Waals surface area contributed by atoms with Crippen LogP contribution in [-0.2, 0) is 0 Å². The minimum Gasteiger partial charge on any atom is -0.329 e. The standard InChI is InChI=1S/C15H22BrFN2/c1-2-12-5-3-4-8-19(12)15(10-18)11-6-7-13(16)14(17)9-11/h6-7,9,12,15H,2-5,8,10,18H2,1H3. The number of halogens is 2. The maximum absolute atomic E-state index is 13.7. The summed E-state index contributed by atoms with van der Waals surface area (Å²) in [6.45, 7) is 3.83. The van der Waals surface area contributed by atoms with Crippen molar-refractivity contribution >= 4 is 15.9 Å². The molecule has 0 spiro atoms. The molecule has 2 unspecified atom stereocenters. The zero-order valence-corrected chi connectivity index (χ0v) is 13.0. The molecule has 2 atom stereocenters. The lowest BCUT2D eigenvalue weighted by molar-refractivity contribution is 0.0947. The van der Waals surface area contributed by atoms with Crippen molar-refractivity contribution in [3.8, 4) is 0 Å². The molecule has 2 N–H and O–H groups in total. The molecule has 1 aromatic carbocycles. The van der Waals surface area contributed by atoms with Gasteiger partial charge >= 0.3 is 0 Å². The van der Waals surface area contributed by atoms with E-state index in [0.29, 0.717) is 17.1 Å². The van der Waals surface area contributed by atoms with Gasteiger partial charge in [0.2, 0.25) is 0 Å². The van der Waals surface area contributed by atoms with E-state index in [-0.39, 0.29) is 11.9 Å². The number of piperidine rings is 1. The summed E-state index contributed by atoms with van der Waals surface area (Å²) in [4.78, 5) is 2.46. The lowest BCUT2D eigenvalue weighted by Crippen LogP contribution is -2.44. The summed E-state index contributed by atoms with van der Waals surface area (Å²) in [5.41, 5.74) is 6.95. The highest BCUT2D eigenvalue weighted by Crippen LogP contribution is 2.30. The molecule has 1 fully saturated rings. The van der Waals surface area contributed by atoms with Crippen LogP contribution in [0.4, 0.5) is 4.39 Å². The molecule has 0 saturated carbocycles. The van der Waals surface area contributed by atoms with Crippen LogP contribution in [0.15, 0.2) is 22.7 Å². The number of rotatable bonds is 4. The van der Waals surface area contributed by atoms with Crippen LogP contribution < -0.4 is 5.73 Å². The zero-order valence-electron chi connectivity index (χ0n) is 11.4. The SMILES string of the molecule is CCC1CCCCN1C(CN)c1ccc(Br)c(F)c1. The van der Waals surface area contributed by atoms with Crippen LogP contribution in [0, 0.1) is 5.82 Å². The first-order valence-electron chi connectivity index (χ1n) is 7.08. The highest BCUT2D eigenvalue weighted by Gasteiger charge is 2.28. The van der Waals surface area contributed by atoms with Gasteiger partial charge < -0.3 is 5.73 Å². The Balaban J connectivity index is 2.24. The molecular weight excluding hydrogens is 307 g/mol. The van der Waals surface area contributed by atoms with Crippen LogP contribution in [0.25, 0.3) is 0 Å². The summed E-state index contributed by atoms with van der Waals surface area (Å²) in [5.74, 6) is -0.207. The second kappa shape index (κ2) is 6.82. The van der Waals surface area contributed by atoms with Crippen molar-refractivity contribution in [2.75, 3.05) is 13.1 Å². The monoisotopic (exact) mass is 328 g/mol. The Kier molecular flexibility index (Phi) is 5.37. The average molecular weight is 329 g/mol. The molecule has 0 radical (unpaired) electrons. The van der Waals surface area contributed by atoms with Crippen molar-refractivity contribution in [3.05, 3.63) is 34.1 Å². The predicted octanol–water partition coefficient (Wildman–Crippen LogP) is 3.85. The lowest BCUT2D eigenvalue weighted by atomic mass is 9.95. The first kappa shape index (κ1) is 14.9. The normalized spacial score (nSPS) is 22.4. The molecule has 0 aliphatic carbocycles. The second-order valence-corrected chi connectivity index (χ2v) is 6.08. The largest absolute Gasteiger partial charge is 0.329 e. The molecule has 1 aliphatic heterocycles. The van der Waals surface area contributed by atoms with Gasteiger partial charge in [-0.15, -0.1) is 0 Å². The van der Waals surface area contributed by atoms with E-state index in [2.05, 4.69) is 27.8 Å². The van der Waals surface area contributed by atoms with Gasteiger partial charge in [0.25, 0.3) is 0 Å². The van der Waals surface area contributed by atoms with Crippen LogP contribution >= 0.6 is 15.9 Å². The van der Waals surface area contributed by atoms with Gasteiger partial charge in [-0.2, -0.15) is 0 Å². The van der Waals surface area contributed by atoms with E-state index >= 15 is 0 Å². The fraction of sp³-hybridized carbons (Fsp3) is 0.600. The van der Waals surface area contributed by atoms with E-state index in [0.717, 1.165) is 18.5 Å². The van der Waals surface area contributed by atoms with Crippen LogP contribution in [-0.4, -0.2) is 24.0 Å². The third-order valence-electron chi connectivity index (χ3n) is 4.10. The molecular formula is C15H22BrFN2.